The van der Waals surface area contributed by atoms with Crippen LogP contribution in [0.4, 0.5) is 0 Å². The van der Waals surface area contributed by atoms with E-state index in [-0.39, 0.29) is 12.3 Å². The molecule has 0 radical (unpaired) electrons. The third kappa shape index (κ3) is 4.12. The van der Waals surface area contributed by atoms with Crippen molar-refractivity contribution in [2.24, 2.45) is 5.41 Å². The third-order valence-electron chi connectivity index (χ3n) is 3.66. The topological polar surface area (TPSA) is 71.3 Å². The predicted molar refractivity (Wildman–Crippen MR) is 72.7 cm³/mol. The standard InChI is InChI=1S/C14H22N2O3/c1-3-14(4-2,13(18)19)11-12(17)15-7-10-16-8-5-6-9-16/h5-6,8-9H,3-4,7,10-11H2,1-2H3,(H,15,17)(H,18,19). The van der Waals surface area contributed by atoms with Crippen LogP contribution in [0.5, 0.6) is 0 Å². The molecule has 0 aliphatic rings. The summed E-state index contributed by atoms with van der Waals surface area (Å²) in [6.07, 6.45) is 4.81. The molecule has 0 aliphatic carbocycles. The highest BCUT2D eigenvalue weighted by atomic mass is 16.4. The molecule has 0 fully saturated rings. The molecule has 1 aromatic heterocycles. The quantitative estimate of drug-likeness (QED) is 0.754. The van der Waals surface area contributed by atoms with Gasteiger partial charge in [0.25, 0.3) is 0 Å². The van der Waals surface area contributed by atoms with Crippen molar-refractivity contribution in [2.45, 2.75) is 39.7 Å². The molecule has 0 aliphatic heterocycles. The van der Waals surface area contributed by atoms with Crippen LogP contribution >= 0.6 is 0 Å². The van der Waals surface area contributed by atoms with Crippen LogP contribution in [0.3, 0.4) is 0 Å². The van der Waals surface area contributed by atoms with E-state index < -0.39 is 11.4 Å². The normalized spacial score (nSPS) is 11.3. The van der Waals surface area contributed by atoms with Gasteiger partial charge in [0.05, 0.1) is 5.41 Å². The van der Waals surface area contributed by atoms with Crippen molar-refractivity contribution < 1.29 is 14.7 Å². The first kappa shape index (κ1) is 15.3. The van der Waals surface area contributed by atoms with Gasteiger partial charge in [-0.1, -0.05) is 13.8 Å². The molecule has 0 atom stereocenters. The molecule has 0 aromatic carbocycles. The Morgan fingerprint density at radius 3 is 2.26 bits per heavy atom. The van der Waals surface area contributed by atoms with E-state index in [9.17, 15) is 14.7 Å². The Hall–Kier alpha value is -1.78. The summed E-state index contributed by atoms with van der Waals surface area (Å²) < 4.78 is 1.96. The lowest BCUT2D eigenvalue weighted by molar-refractivity contribution is -0.152. The van der Waals surface area contributed by atoms with E-state index in [1.54, 1.807) is 0 Å². The highest BCUT2D eigenvalue weighted by molar-refractivity contribution is 5.84. The zero-order chi connectivity index (χ0) is 14.3. The number of aliphatic carboxylic acids is 1. The lowest BCUT2D eigenvalue weighted by atomic mass is 9.79. The summed E-state index contributed by atoms with van der Waals surface area (Å²) in [6.45, 7) is 4.82. The van der Waals surface area contributed by atoms with Gasteiger partial charge in [-0.05, 0) is 25.0 Å². The highest BCUT2D eigenvalue weighted by Crippen LogP contribution is 2.30. The van der Waals surface area contributed by atoms with Crippen LogP contribution in [0.1, 0.15) is 33.1 Å². The number of carboxylic acid groups (broad SMARTS) is 1. The Bertz CT molecular complexity index is 408. The number of amides is 1. The molecule has 0 saturated heterocycles. The molecule has 5 heteroatoms. The first-order valence-corrected chi connectivity index (χ1v) is 6.65. The molecule has 2 N–H and O–H groups in total. The van der Waals surface area contributed by atoms with Crippen LogP contribution in [0, 0.1) is 5.41 Å². The van der Waals surface area contributed by atoms with Gasteiger partial charge < -0.3 is 15.0 Å². The van der Waals surface area contributed by atoms with Gasteiger partial charge in [-0.3, -0.25) is 9.59 Å². The van der Waals surface area contributed by atoms with Crippen LogP contribution in [0.2, 0.25) is 0 Å². The monoisotopic (exact) mass is 266 g/mol. The molecule has 0 unspecified atom stereocenters. The van der Waals surface area contributed by atoms with Crippen molar-refractivity contribution in [3.05, 3.63) is 24.5 Å². The second kappa shape index (κ2) is 6.97. The maximum Gasteiger partial charge on any atom is 0.310 e. The van der Waals surface area contributed by atoms with Gasteiger partial charge in [0.2, 0.25) is 5.91 Å². The van der Waals surface area contributed by atoms with Gasteiger partial charge in [0, 0.05) is 31.9 Å². The molecular weight excluding hydrogens is 244 g/mol. The van der Waals surface area contributed by atoms with Crippen molar-refractivity contribution in [3.63, 3.8) is 0 Å². The summed E-state index contributed by atoms with van der Waals surface area (Å²) >= 11 is 0. The molecule has 0 spiro atoms. The molecule has 106 valence electrons. The number of aromatic nitrogens is 1. The van der Waals surface area contributed by atoms with Gasteiger partial charge in [0.1, 0.15) is 0 Å². The second-order valence-corrected chi connectivity index (χ2v) is 4.74. The van der Waals surface area contributed by atoms with E-state index in [1.165, 1.54) is 0 Å². The van der Waals surface area contributed by atoms with Crippen LogP contribution in [0.25, 0.3) is 0 Å². The lowest BCUT2D eigenvalue weighted by Crippen LogP contribution is -2.37. The fraction of sp³-hybridized carbons (Fsp3) is 0.571. The Kier molecular flexibility index (Phi) is 5.60. The molecule has 1 heterocycles. The summed E-state index contributed by atoms with van der Waals surface area (Å²) in [4.78, 5) is 23.1. The van der Waals surface area contributed by atoms with Crippen molar-refractivity contribution in [3.8, 4) is 0 Å². The van der Waals surface area contributed by atoms with Crippen molar-refractivity contribution in [2.75, 3.05) is 6.54 Å². The first-order valence-electron chi connectivity index (χ1n) is 6.65. The minimum atomic E-state index is -0.933. The maximum atomic E-state index is 11.8. The van der Waals surface area contributed by atoms with E-state index >= 15 is 0 Å². The largest absolute Gasteiger partial charge is 0.481 e. The van der Waals surface area contributed by atoms with Gasteiger partial charge in [-0.25, -0.2) is 0 Å². The number of rotatable bonds is 8. The molecule has 0 saturated carbocycles. The molecular formula is C14H22N2O3. The molecule has 19 heavy (non-hydrogen) atoms. The van der Waals surface area contributed by atoms with E-state index in [0.717, 1.165) is 0 Å². The van der Waals surface area contributed by atoms with Crippen molar-refractivity contribution in [1.29, 1.82) is 0 Å². The second-order valence-electron chi connectivity index (χ2n) is 4.74. The summed E-state index contributed by atoms with van der Waals surface area (Å²) in [5.74, 6) is -1.09. The van der Waals surface area contributed by atoms with Crippen LogP contribution in [0.15, 0.2) is 24.5 Å². The summed E-state index contributed by atoms with van der Waals surface area (Å²) in [5, 5.41) is 12.0. The van der Waals surface area contributed by atoms with Crippen LogP contribution < -0.4 is 5.32 Å². The average Bonchev–Trinajstić information content (AvgIpc) is 2.89. The number of carbonyl (C=O) groups is 2. The van der Waals surface area contributed by atoms with Crippen LogP contribution in [-0.2, 0) is 16.1 Å². The Morgan fingerprint density at radius 1 is 1.21 bits per heavy atom. The minimum Gasteiger partial charge on any atom is -0.481 e. The number of nitrogens with zero attached hydrogens (tertiary/aromatic N) is 1. The average molecular weight is 266 g/mol. The van der Waals surface area contributed by atoms with Gasteiger partial charge in [0.15, 0.2) is 0 Å². The fourth-order valence-electron chi connectivity index (χ4n) is 2.09. The van der Waals surface area contributed by atoms with Gasteiger partial charge >= 0.3 is 5.97 Å². The van der Waals surface area contributed by atoms with E-state index in [4.69, 9.17) is 0 Å². The zero-order valence-corrected chi connectivity index (χ0v) is 11.6. The minimum absolute atomic E-state index is 0.0427. The fourth-order valence-corrected chi connectivity index (χ4v) is 2.09. The number of carboxylic acids is 1. The number of carbonyl (C=O) groups excluding carboxylic acids is 1. The van der Waals surface area contributed by atoms with Crippen LogP contribution in [-0.4, -0.2) is 28.1 Å². The van der Waals surface area contributed by atoms with Gasteiger partial charge in [-0.2, -0.15) is 0 Å². The van der Waals surface area contributed by atoms with E-state index in [2.05, 4.69) is 5.32 Å². The lowest BCUT2D eigenvalue weighted by Gasteiger charge is -2.25. The smallest absolute Gasteiger partial charge is 0.310 e. The third-order valence-corrected chi connectivity index (χ3v) is 3.66. The number of hydrogen-bond donors (Lipinski definition) is 2. The molecule has 1 aromatic rings. The summed E-state index contributed by atoms with van der Waals surface area (Å²) in [7, 11) is 0. The molecule has 1 rings (SSSR count). The van der Waals surface area contributed by atoms with E-state index in [0.29, 0.717) is 25.9 Å². The maximum absolute atomic E-state index is 11.8. The Morgan fingerprint density at radius 2 is 1.79 bits per heavy atom. The zero-order valence-electron chi connectivity index (χ0n) is 11.6. The summed E-state index contributed by atoms with van der Waals surface area (Å²) in [5.41, 5.74) is -0.933. The molecule has 0 bridgehead atoms. The molecule has 1 amide bonds. The van der Waals surface area contributed by atoms with E-state index in [1.807, 2.05) is 42.9 Å². The Labute approximate surface area is 113 Å². The number of hydrogen-bond acceptors (Lipinski definition) is 2. The Balaban J connectivity index is 2.43. The van der Waals surface area contributed by atoms with Crippen molar-refractivity contribution in [1.82, 2.24) is 9.88 Å². The SMILES string of the molecule is CCC(CC)(CC(=O)NCCn1cccc1)C(=O)O. The first-order chi connectivity index (χ1) is 9.04. The predicted octanol–water partition coefficient (Wildman–Crippen LogP) is 1.89. The summed E-state index contributed by atoms with van der Waals surface area (Å²) in [6, 6.07) is 3.84. The highest BCUT2D eigenvalue weighted by Gasteiger charge is 2.36. The number of nitrogens with one attached hydrogen (secondary N) is 1. The molecule has 5 nitrogen and oxygen atoms in total. The van der Waals surface area contributed by atoms with Crippen molar-refractivity contribution >= 4 is 11.9 Å². The van der Waals surface area contributed by atoms with Gasteiger partial charge in [-0.15, -0.1) is 0 Å².